The number of fused-ring (bicyclic) bond motifs is 1. The van der Waals surface area contributed by atoms with Crippen molar-refractivity contribution < 1.29 is 22.7 Å². The Kier molecular flexibility index (Phi) is 8.13. The molecular weight excluding hydrogens is 544 g/mol. The van der Waals surface area contributed by atoms with Crippen molar-refractivity contribution in [3.8, 4) is 11.6 Å². The Morgan fingerprint density at radius 3 is 2.59 bits per heavy atom. The summed E-state index contributed by atoms with van der Waals surface area (Å²) in [6.07, 6.45) is 1.46. The number of methoxy groups -OCH3 is 1. The van der Waals surface area contributed by atoms with E-state index in [0.717, 1.165) is 10.5 Å². The van der Waals surface area contributed by atoms with Gasteiger partial charge in [-0.15, -0.1) is 0 Å². The second-order valence-corrected chi connectivity index (χ2v) is 11.8. The number of hydrogen-bond donors (Lipinski definition) is 1. The number of ether oxygens (including phenoxy) is 2. The van der Waals surface area contributed by atoms with E-state index in [2.05, 4.69) is 34.2 Å². The number of hydrogen-bond acceptors (Lipinski definition) is 9. The lowest BCUT2D eigenvalue weighted by Crippen LogP contribution is -2.52. The molecule has 4 aromatic rings. The highest BCUT2D eigenvalue weighted by Crippen LogP contribution is 2.32. The third kappa shape index (κ3) is 5.98. The van der Waals surface area contributed by atoms with Crippen LogP contribution in [0.4, 0.5) is 11.6 Å². The van der Waals surface area contributed by atoms with Gasteiger partial charge in [-0.1, -0.05) is 30.3 Å². The van der Waals surface area contributed by atoms with Crippen LogP contribution >= 0.6 is 0 Å². The largest absolute Gasteiger partial charge is 0.495 e. The number of benzene rings is 2. The number of aromatic nitrogens is 3. The van der Waals surface area contributed by atoms with Crippen molar-refractivity contribution in [2.45, 2.75) is 25.6 Å². The van der Waals surface area contributed by atoms with Crippen molar-refractivity contribution in [2.24, 2.45) is 0 Å². The molecule has 41 heavy (non-hydrogen) atoms. The van der Waals surface area contributed by atoms with Gasteiger partial charge in [0, 0.05) is 37.4 Å². The number of piperazine rings is 1. The van der Waals surface area contributed by atoms with Gasteiger partial charge in [-0.2, -0.15) is 9.97 Å². The van der Waals surface area contributed by atoms with Gasteiger partial charge in [0.1, 0.15) is 5.75 Å². The second-order valence-electron chi connectivity index (χ2n) is 10.00. The molecule has 11 nitrogen and oxygen atoms in total. The average molecular weight is 579 g/mol. The molecule has 1 aliphatic heterocycles. The van der Waals surface area contributed by atoms with Gasteiger partial charge in [0.15, 0.2) is 5.65 Å². The molecule has 216 valence electrons. The van der Waals surface area contributed by atoms with E-state index >= 15 is 0 Å². The number of nitrogens with one attached hydrogen (secondary N) is 1. The van der Waals surface area contributed by atoms with Crippen LogP contribution in [0.25, 0.3) is 11.0 Å². The van der Waals surface area contributed by atoms with Crippen LogP contribution in [0.2, 0.25) is 0 Å². The fraction of sp³-hybridized carbons (Fsp3) is 0.345. The Balaban J connectivity index is 1.46. The number of likely N-dealkylation sites (N-methyl/N-ethyl adjacent to an activating group) is 1. The van der Waals surface area contributed by atoms with Gasteiger partial charge in [0.25, 0.3) is 5.91 Å². The lowest BCUT2D eigenvalue weighted by molar-refractivity contribution is 0.0572. The van der Waals surface area contributed by atoms with Gasteiger partial charge >= 0.3 is 0 Å². The highest BCUT2D eigenvalue weighted by molar-refractivity contribution is 7.89. The second kappa shape index (κ2) is 11.8. The highest BCUT2D eigenvalue weighted by Gasteiger charge is 2.26. The Morgan fingerprint density at radius 1 is 1.10 bits per heavy atom. The molecule has 0 saturated carbocycles. The van der Waals surface area contributed by atoms with Crippen LogP contribution in [0.5, 0.6) is 11.6 Å². The number of amides is 1. The highest BCUT2D eigenvalue weighted by atomic mass is 32.2. The van der Waals surface area contributed by atoms with E-state index in [9.17, 15) is 13.2 Å². The maximum absolute atomic E-state index is 13.4. The molecule has 1 fully saturated rings. The Labute approximate surface area is 239 Å². The molecule has 0 radical (unpaired) electrons. The molecular formula is C29H34N6O5S. The van der Waals surface area contributed by atoms with Crippen molar-refractivity contribution in [3.05, 3.63) is 71.9 Å². The van der Waals surface area contributed by atoms with Crippen LogP contribution in [0.3, 0.4) is 0 Å². The van der Waals surface area contributed by atoms with Gasteiger partial charge in [-0.25, -0.2) is 12.4 Å². The number of rotatable bonds is 9. The zero-order valence-electron chi connectivity index (χ0n) is 23.6. The number of carbonyl (C=O) groups excluding carboxylic acids is 1. The van der Waals surface area contributed by atoms with Crippen molar-refractivity contribution in [3.63, 3.8) is 0 Å². The minimum absolute atomic E-state index is 0.0625. The molecule has 3 heterocycles. The normalized spacial score (nSPS) is 16.1. The van der Waals surface area contributed by atoms with Gasteiger partial charge in [-0.3, -0.25) is 4.79 Å². The summed E-state index contributed by atoms with van der Waals surface area (Å²) in [6.45, 7) is 6.38. The Hall–Kier alpha value is -4.16. The molecule has 1 N–H and O–H groups in total. The van der Waals surface area contributed by atoms with Crippen LogP contribution in [0.1, 0.15) is 29.8 Å². The molecule has 5 rings (SSSR count). The van der Waals surface area contributed by atoms with E-state index in [4.69, 9.17) is 9.47 Å². The van der Waals surface area contributed by atoms with Crippen LogP contribution < -0.4 is 14.8 Å². The lowest BCUT2D eigenvalue weighted by atomic mass is 10.1. The van der Waals surface area contributed by atoms with Crippen molar-refractivity contribution in [2.75, 3.05) is 45.7 Å². The molecule has 0 bridgehead atoms. The SMILES string of the molecule is CCOc1nc(Nc2ccc(C(=O)N3CCN(C)[C@H](C)C3)cc2OC)nc2c1ccn2S(=O)(=O)Cc1ccccc1. The molecule has 0 aliphatic carbocycles. The average Bonchev–Trinajstić information content (AvgIpc) is 3.40. The number of anilines is 2. The molecule has 1 amide bonds. The monoisotopic (exact) mass is 578 g/mol. The predicted molar refractivity (Wildman–Crippen MR) is 157 cm³/mol. The first-order chi connectivity index (χ1) is 19.7. The predicted octanol–water partition coefficient (Wildman–Crippen LogP) is 3.74. The van der Waals surface area contributed by atoms with Gasteiger partial charge in [0.2, 0.25) is 21.9 Å². The van der Waals surface area contributed by atoms with Crippen LogP contribution in [-0.4, -0.2) is 84.5 Å². The topological polar surface area (TPSA) is 119 Å². The van der Waals surface area contributed by atoms with Crippen molar-refractivity contribution in [1.29, 1.82) is 0 Å². The third-order valence-corrected chi connectivity index (χ3v) is 8.78. The molecule has 1 atom stereocenters. The molecule has 2 aromatic heterocycles. The fourth-order valence-electron chi connectivity index (χ4n) is 4.81. The number of carbonyl (C=O) groups is 1. The van der Waals surface area contributed by atoms with E-state index in [1.807, 2.05) is 17.9 Å². The van der Waals surface area contributed by atoms with Crippen LogP contribution in [0.15, 0.2) is 60.8 Å². The molecule has 1 aliphatic rings. The summed E-state index contributed by atoms with van der Waals surface area (Å²) >= 11 is 0. The van der Waals surface area contributed by atoms with Crippen molar-refractivity contribution >= 4 is 38.6 Å². The first kappa shape index (κ1) is 28.4. The van der Waals surface area contributed by atoms with Gasteiger partial charge < -0.3 is 24.6 Å². The Morgan fingerprint density at radius 2 is 1.88 bits per heavy atom. The summed E-state index contributed by atoms with van der Waals surface area (Å²) in [5, 5.41) is 3.60. The summed E-state index contributed by atoms with van der Waals surface area (Å²) in [4.78, 5) is 26.3. The van der Waals surface area contributed by atoms with E-state index in [0.29, 0.717) is 47.6 Å². The molecule has 12 heteroatoms. The first-order valence-electron chi connectivity index (χ1n) is 13.4. The van der Waals surface area contributed by atoms with Crippen LogP contribution in [0, 0.1) is 0 Å². The summed E-state index contributed by atoms with van der Waals surface area (Å²) in [5.41, 5.74) is 1.88. The molecule has 0 spiro atoms. The smallest absolute Gasteiger partial charge is 0.254 e. The quantitative estimate of drug-likeness (QED) is 0.317. The molecule has 1 saturated heterocycles. The standard InChI is InChI=1S/C29H34N6O5S/c1-5-40-27-23-13-14-35(41(37,38)19-21-9-7-6-8-10-21)26(23)31-29(32-27)30-24-12-11-22(17-25(24)39-4)28(36)34-16-15-33(3)20(2)18-34/h6-14,17,20H,5,15-16,18-19H2,1-4H3,(H,30,31,32)/t20-/m1/s1. The van der Waals surface area contributed by atoms with Crippen LogP contribution in [-0.2, 0) is 15.8 Å². The fourth-order valence-corrected chi connectivity index (χ4v) is 6.21. The molecule has 2 aromatic carbocycles. The minimum Gasteiger partial charge on any atom is -0.495 e. The zero-order chi connectivity index (χ0) is 29.1. The number of nitrogens with zero attached hydrogens (tertiary/aromatic N) is 5. The molecule has 0 unspecified atom stereocenters. The van der Waals surface area contributed by atoms with E-state index in [1.54, 1.807) is 48.5 Å². The van der Waals surface area contributed by atoms with Gasteiger partial charge in [0.05, 0.1) is 30.5 Å². The summed E-state index contributed by atoms with van der Waals surface area (Å²) in [6, 6.07) is 16.0. The maximum atomic E-state index is 13.4. The third-order valence-electron chi connectivity index (χ3n) is 7.19. The summed E-state index contributed by atoms with van der Waals surface area (Å²) < 4.78 is 39.2. The first-order valence-corrected chi connectivity index (χ1v) is 15.0. The van der Waals surface area contributed by atoms with E-state index in [-0.39, 0.29) is 35.2 Å². The lowest BCUT2D eigenvalue weighted by Gasteiger charge is -2.37. The van der Waals surface area contributed by atoms with E-state index in [1.165, 1.54) is 13.3 Å². The maximum Gasteiger partial charge on any atom is 0.254 e. The van der Waals surface area contributed by atoms with E-state index < -0.39 is 10.0 Å². The Bertz CT molecular complexity index is 1660. The van der Waals surface area contributed by atoms with Crippen molar-refractivity contribution in [1.82, 2.24) is 23.7 Å². The van der Waals surface area contributed by atoms with Gasteiger partial charge in [-0.05, 0) is 50.7 Å². The summed E-state index contributed by atoms with van der Waals surface area (Å²) in [7, 11) is -0.216. The minimum atomic E-state index is -3.79. The summed E-state index contributed by atoms with van der Waals surface area (Å²) in [5.74, 6) is 0.549. The zero-order valence-corrected chi connectivity index (χ0v) is 24.4.